The molecule has 1 amide bonds. The van der Waals surface area contributed by atoms with Gasteiger partial charge in [0.05, 0.1) is 6.04 Å². The quantitative estimate of drug-likeness (QED) is 0.700. The Morgan fingerprint density at radius 2 is 2.31 bits per heavy atom. The fourth-order valence-corrected chi connectivity index (χ4v) is 1.92. The van der Waals surface area contributed by atoms with E-state index in [1.165, 1.54) is 6.42 Å². The van der Waals surface area contributed by atoms with Gasteiger partial charge >= 0.3 is 0 Å². The van der Waals surface area contributed by atoms with E-state index in [0.29, 0.717) is 5.92 Å². The lowest BCUT2D eigenvalue weighted by Gasteiger charge is -2.21. The average molecular weight is 224 g/mol. The highest BCUT2D eigenvalue weighted by molar-refractivity contribution is 5.81. The number of nitrogens with one attached hydrogen (secondary N) is 1. The molecule has 0 radical (unpaired) electrons. The molecular formula is C13H24N2O. The molecule has 0 spiro atoms. The number of carbonyl (C=O) groups is 1. The van der Waals surface area contributed by atoms with Gasteiger partial charge in [0.2, 0.25) is 5.91 Å². The first-order chi connectivity index (χ1) is 7.65. The van der Waals surface area contributed by atoms with Crippen molar-refractivity contribution < 1.29 is 4.79 Å². The van der Waals surface area contributed by atoms with Gasteiger partial charge in [0.15, 0.2) is 0 Å². The Morgan fingerprint density at radius 1 is 1.56 bits per heavy atom. The van der Waals surface area contributed by atoms with Crippen LogP contribution in [0, 0.1) is 11.8 Å². The Balaban J connectivity index is 2.26. The smallest absolute Gasteiger partial charge is 0.237 e. The highest BCUT2D eigenvalue weighted by atomic mass is 16.2. The monoisotopic (exact) mass is 224 g/mol. The SMILES string of the molecule is CCC(C)[C@H](N)C(=O)NCC1CC=CCC1. The van der Waals surface area contributed by atoms with Crippen LogP contribution in [-0.2, 0) is 4.79 Å². The van der Waals surface area contributed by atoms with Crippen LogP contribution in [0.2, 0.25) is 0 Å². The number of hydrogen-bond acceptors (Lipinski definition) is 2. The van der Waals surface area contributed by atoms with Crippen LogP contribution in [0.25, 0.3) is 0 Å². The van der Waals surface area contributed by atoms with E-state index in [9.17, 15) is 4.79 Å². The van der Waals surface area contributed by atoms with Crippen LogP contribution in [-0.4, -0.2) is 18.5 Å². The van der Waals surface area contributed by atoms with E-state index < -0.39 is 0 Å². The lowest BCUT2D eigenvalue weighted by atomic mass is 9.94. The first kappa shape index (κ1) is 13.2. The van der Waals surface area contributed by atoms with Crippen LogP contribution in [0.5, 0.6) is 0 Å². The van der Waals surface area contributed by atoms with E-state index >= 15 is 0 Å². The molecule has 3 atom stereocenters. The Kier molecular flexibility index (Phi) is 5.53. The van der Waals surface area contributed by atoms with E-state index in [-0.39, 0.29) is 17.9 Å². The molecule has 0 fully saturated rings. The van der Waals surface area contributed by atoms with Gasteiger partial charge in [0, 0.05) is 6.54 Å². The van der Waals surface area contributed by atoms with Gasteiger partial charge in [0.1, 0.15) is 0 Å². The van der Waals surface area contributed by atoms with Crippen LogP contribution in [0.1, 0.15) is 39.5 Å². The third kappa shape index (κ3) is 3.97. The molecule has 0 saturated carbocycles. The summed E-state index contributed by atoms with van der Waals surface area (Å²) in [6.45, 7) is 4.85. The minimum absolute atomic E-state index is 0.00361. The number of carbonyl (C=O) groups excluding carboxylic acids is 1. The fourth-order valence-electron chi connectivity index (χ4n) is 1.92. The van der Waals surface area contributed by atoms with Crippen LogP contribution in [0.15, 0.2) is 12.2 Å². The van der Waals surface area contributed by atoms with Crippen LogP contribution in [0.4, 0.5) is 0 Å². The molecule has 1 rings (SSSR count). The Morgan fingerprint density at radius 3 is 2.88 bits per heavy atom. The number of allylic oxidation sites excluding steroid dienone is 2. The Bertz CT molecular complexity index is 250. The minimum Gasteiger partial charge on any atom is -0.354 e. The molecule has 0 aromatic carbocycles. The van der Waals surface area contributed by atoms with Crippen molar-refractivity contribution in [2.45, 2.75) is 45.6 Å². The van der Waals surface area contributed by atoms with E-state index in [2.05, 4.69) is 24.4 Å². The van der Waals surface area contributed by atoms with Crippen LogP contribution in [0.3, 0.4) is 0 Å². The van der Waals surface area contributed by atoms with Crippen LogP contribution < -0.4 is 11.1 Å². The molecule has 0 heterocycles. The molecule has 3 nitrogen and oxygen atoms in total. The minimum atomic E-state index is -0.357. The molecule has 0 saturated heterocycles. The Labute approximate surface area is 98.5 Å². The average Bonchev–Trinajstić information content (AvgIpc) is 2.35. The van der Waals surface area contributed by atoms with E-state index in [4.69, 9.17) is 5.73 Å². The second-order valence-electron chi connectivity index (χ2n) is 4.81. The second kappa shape index (κ2) is 6.69. The molecule has 92 valence electrons. The molecule has 2 unspecified atom stereocenters. The van der Waals surface area contributed by atoms with Gasteiger partial charge in [-0.05, 0) is 31.1 Å². The number of rotatable bonds is 5. The van der Waals surface area contributed by atoms with E-state index in [1.807, 2.05) is 6.92 Å². The first-order valence-electron chi connectivity index (χ1n) is 6.33. The van der Waals surface area contributed by atoms with Gasteiger partial charge in [-0.2, -0.15) is 0 Å². The summed E-state index contributed by atoms with van der Waals surface area (Å²) >= 11 is 0. The highest BCUT2D eigenvalue weighted by Gasteiger charge is 2.20. The molecule has 0 aromatic heterocycles. The summed E-state index contributed by atoms with van der Waals surface area (Å²) in [6.07, 6.45) is 8.75. The standard InChI is InChI=1S/C13H24N2O/c1-3-10(2)12(14)13(16)15-9-11-7-5-4-6-8-11/h4-5,10-12H,3,6-9,14H2,1-2H3,(H,15,16)/t10?,11?,12-/m0/s1. The number of nitrogens with two attached hydrogens (primary N) is 1. The van der Waals surface area contributed by atoms with Crippen molar-refractivity contribution in [1.29, 1.82) is 0 Å². The molecule has 1 aliphatic rings. The number of hydrogen-bond donors (Lipinski definition) is 2. The number of amides is 1. The summed E-state index contributed by atoms with van der Waals surface area (Å²) in [6, 6.07) is -0.357. The zero-order valence-corrected chi connectivity index (χ0v) is 10.4. The lowest BCUT2D eigenvalue weighted by Crippen LogP contribution is -2.46. The zero-order valence-electron chi connectivity index (χ0n) is 10.4. The molecule has 3 heteroatoms. The zero-order chi connectivity index (χ0) is 12.0. The maximum atomic E-state index is 11.7. The largest absolute Gasteiger partial charge is 0.354 e. The maximum Gasteiger partial charge on any atom is 0.237 e. The van der Waals surface area contributed by atoms with Crippen molar-refractivity contribution in [1.82, 2.24) is 5.32 Å². The summed E-state index contributed by atoms with van der Waals surface area (Å²) < 4.78 is 0. The van der Waals surface area contributed by atoms with Crippen molar-refractivity contribution in [2.75, 3.05) is 6.54 Å². The molecular weight excluding hydrogens is 200 g/mol. The first-order valence-corrected chi connectivity index (χ1v) is 6.33. The summed E-state index contributed by atoms with van der Waals surface area (Å²) in [5.74, 6) is 0.855. The molecule has 3 N–H and O–H groups in total. The Hall–Kier alpha value is -0.830. The van der Waals surface area contributed by atoms with Gasteiger partial charge < -0.3 is 11.1 Å². The van der Waals surface area contributed by atoms with Crippen LogP contribution >= 0.6 is 0 Å². The summed E-state index contributed by atoms with van der Waals surface area (Å²) in [4.78, 5) is 11.7. The van der Waals surface area contributed by atoms with Crippen molar-refractivity contribution in [2.24, 2.45) is 17.6 Å². The van der Waals surface area contributed by atoms with Crippen molar-refractivity contribution in [3.63, 3.8) is 0 Å². The van der Waals surface area contributed by atoms with Gasteiger partial charge in [-0.15, -0.1) is 0 Å². The summed E-state index contributed by atoms with van der Waals surface area (Å²) in [5.41, 5.74) is 5.86. The normalized spacial score (nSPS) is 23.8. The van der Waals surface area contributed by atoms with Crippen molar-refractivity contribution in [3.8, 4) is 0 Å². The second-order valence-corrected chi connectivity index (χ2v) is 4.81. The highest BCUT2D eigenvalue weighted by Crippen LogP contribution is 2.17. The summed E-state index contributed by atoms with van der Waals surface area (Å²) in [7, 11) is 0. The molecule has 16 heavy (non-hydrogen) atoms. The van der Waals surface area contributed by atoms with Gasteiger partial charge in [-0.3, -0.25) is 4.79 Å². The van der Waals surface area contributed by atoms with Crippen molar-refractivity contribution in [3.05, 3.63) is 12.2 Å². The van der Waals surface area contributed by atoms with E-state index in [0.717, 1.165) is 25.8 Å². The molecule has 0 aromatic rings. The predicted molar refractivity (Wildman–Crippen MR) is 66.9 cm³/mol. The van der Waals surface area contributed by atoms with Gasteiger partial charge in [0.25, 0.3) is 0 Å². The predicted octanol–water partition coefficient (Wildman–Crippen LogP) is 1.83. The molecule has 0 aliphatic heterocycles. The van der Waals surface area contributed by atoms with Crippen molar-refractivity contribution >= 4 is 5.91 Å². The molecule has 1 aliphatic carbocycles. The summed E-state index contributed by atoms with van der Waals surface area (Å²) in [5, 5.41) is 2.97. The van der Waals surface area contributed by atoms with Gasteiger partial charge in [-0.25, -0.2) is 0 Å². The molecule has 0 bridgehead atoms. The van der Waals surface area contributed by atoms with E-state index in [1.54, 1.807) is 0 Å². The van der Waals surface area contributed by atoms with Gasteiger partial charge in [-0.1, -0.05) is 32.4 Å². The topological polar surface area (TPSA) is 55.1 Å². The maximum absolute atomic E-state index is 11.7. The lowest BCUT2D eigenvalue weighted by molar-refractivity contribution is -0.123. The fraction of sp³-hybridized carbons (Fsp3) is 0.769. The third-order valence-electron chi connectivity index (χ3n) is 3.50. The third-order valence-corrected chi connectivity index (χ3v) is 3.50.